The number of anilines is 1. The van der Waals surface area contributed by atoms with E-state index < -0.39 is 0 Å². The molecule has 0 unspecified atom stereocenters. The van der Waals surface area contributed by atoms with E-state index in [1.165, 1.54) is 0 Å². The van der Waals surface area contributed by atoms with Crippen LogP contribution in [0.5, 0.6) is 11.5 Å². The van der Waals surface area contributed by atoms with Gasteiger partial charge in [-0.15, -0.1) is 0 Å². The zero-order valence-electron chi connectivity index (χ0n) is 15.3. The molecule has 0 aromatic heterocycles. The molecule has 0 aliphatic rings. The number of methoxy groups -OCH3 is 2. The summed E-state index contributed by atoms with van der Waals surface area (Å²) in [5, 5.41) is 3.01. The molecule has 0 spiro atoms. The van der Waals surface area contributed by atoms with Gasteiger partial charge in [-0.3, -0.25) is 4.79 Å². The van der Waals surface area contributed by atoms with Gasteiger partial charge in [0, 0.05) is 9.79 Å². The van der Waals surface area contributed by atoms with Crippen LogP contribution in [0.25, 0.3) is 0 Å². The van der Waals surface area contributed by atoms with Crippen LogP contribution in [-0.2, 0) is 11.2 Å². The van der Waals surface area contributed by atoms with Gasteiger partial charge < -0.3 is 14.8 Å². The normalized spacial score (nSPS) is 10.3. The van der Waals surface area contributed by atoms with Crippen molar-refractivity contribution in [2.24, 2.45) is 0 Å². The molecule has 3 rings (SSSR count). The maximum atomic E-state index is 12.5. The number of para-hydroxylation sites is 1. The fourth-order valence-corrected chi connectivity index (χ4v) is 3.57. The standard InChI is InChI=1S/C22H21NO3S/c1-25-19-13-12-16(14-20(19)26-2)15-22(24)23-18-10-6-7-11-21(18)27-17-8-4-3-5-9-17/h3-14H,15H2,1-2H3,(H,23,24). The average molecular weight is 379 g/mol. The SMILES string of the molecule is COc1ccc(CC(=O)Nc2ccccc2Sc2ccccc2)cc1OC. The molecule has 0 aliphatic carbocycles. The molecule has 0 fully saturated rings. The first kappa shape index (κ1) is 18.9. The molecule has 1 N–H and O–H groups in total. The number of nitrogens with one attached hydrogen (secondary N) is 1. The highest BCUT2D eigenvalue weighted by atomic mass is 32.2. The Bertz CT molecular complexity index is 912. The van der Waals surface area contributed by atoms with Gasteiger partial charge in [-0.1, -0.05) is 48.2 Å². The number of rotatable bonds is 7. The van der Waals surface area contributed by atoms with E-state index in [1.807, 2.05) is 66.7 Å². The van der Waals surface area contributed by atoms with Crippen LogP contribution in [0.1, 0.15) is 5.56 Å². The third-order valence-corrected chi connectivity index (χ3v) is 5.03. The molecular weight excluding hydrogens is 358 g/mol. The maximum Gasteiger partial charge on any atom is 0.228 e. The van der Waals surface area contributed by atoms with Crippen LogP contribution < -0.4 is 14.8 Å². The van der Waals surface area contributed by atoms with Crippen molar-refractivity contribution in [3.8, 4) is 11.5 Å². The van der Waals surface area contributed by atoms with Gasteiger partial charge >= 0.3 is 0 Å². The van der Waals surface area contributed by atoms with Crippen LogP contribution in [0.2, 0.25) is 0 Å². The van der Waals surface area contributed by atoms with Gasteiger partial charge in [-0.2, -0.15) is 0 Å². The molecule has 0 aliphatic heterocycles. The van der Waals surface area contributed by atoms with Crippen LogP contribution in [0.15, 0.2) is 82.6 Å². The molecule has 3 aromatic carbocycles. The molecule has 3 aromatic rings. The maximum absolute atomic E-state index is 12.5. The zero-order chi connectivity index (χ0) is 19.1. The molecule has 27 heavy (non-hydrogen) atoms. The molecule has 1 amide bonds. The summed E-state index contributed by atoms with van der Waals surface area (Å²) in [4.78, 5) is 14.7. The summed E-state index contributed by atoms with van der Waals surface area (Å²) in [7, 11) is 3.17. The fourth-order valence-electron chi connectivity index (χ4n) is 2.64. The topological polar surface area (TPSA) is 47.6 Å². The van der Waals surface area contributed by atoms with Crippen molar-refractivity contribution < 1.29 is 14.3 Å². The van der Waals surface area contributed by atoms with E-state index in [0.717, 1.165) is 21.0 Å². The summed E-state index contributed by atoms with van der Waals surface area (Å²) in [6, 6.07) is 23.4. The van der Waals surface area contributed by atoms with Gasteiger partial charge in [-0.25, -0.2) is 0 Å². The number of benzene rings is 3. The van der Waals surface area contributed by atoms with E-state index >= 15 is 0 Å². The van der Waals surface area contributed by atoms with E-state index in [1.54, 1.807) is 32.0 Å². The van der Waals surface area contributed by atoms with Gasteiger partial charge in [0.1, 0.15) is 0 Å². The second-order valence-corrected chi connectivity index (χ2v) is 6.94. The van der Waals surface area contributed by atoms with E-state index in [4.69, 9.17) is 9.47 Å². The van der Waals surface area contributed by atoms with Crippen LogP contribution in [0.3, 0.4) is 0 Å². The lowest BCUT2D eigenvalue weighted by Gasteiger charge is -2.12. The van der Waals surface area contributed by atoms with Gasteiger partial charge in [0.2, 0.25) is 5.91 Å². The predicted molar refractivity (Wildman–Crippen MR) is 109 cm³/mol. The Morgan fingerprint density at radius 3 is 2.33 bits per heavy atom. The number of carbonyl (C=O) groups is 1. The van der Waals surface area contributed by atoms with Crippen molar-refractivity contribution in [1.82, 2.24) is 0 Å². The lowest BCUT2D eigenvalue weighted by molar-refractivity contribution is -0.115. The van der Waals surface area contributed by atoms with Crippen molar-refractivity contribution in [1.29, 1.82) is 0 Å². The van der Waals surface area contributed by atoms with E-state index in [9.17, 15) is 4.79 Å². The first-order chi connectivity index (χ1) is 13.2. The number of amides is 1. The molecule has 0 heterocycles. The fraction of sp³-hybridized carbons (Fsp3) is 0.136. The van der Waals surface area contributed by atoms with Crippen molar-refractivity contribution >= 4 is 23.4 Å². The van der Waals surface area contributed by atoms with Crippen LogP contribution in [0, 0.1) is 0 Å². The van der Waals surface area contributed by atoms with Crippen molar-refractivity contribution in [2.75, 3.05) is 19.5 Å². The lowest BCUT2D eigenvalue weighted by Crippen LogP contribution is -2.15. The molecule has 0 radical (unpaired) electrons. The van der Waals surface area contributed by atoms with Gasteiger partial charge in [0.15, 0.2) is 11.5 Å². The van der Waals surface area contributed by atoms with Crippen molar-refractivity contribution in [3.05, 3.63) is 78.4 Å². The third-order valence-electron chi connectivity index (χ3n) is 3.94. The first-order valence-corrected chi connectivity index (χ1v) is 9.34. The average Bonchev–Trinajstić information content (AvgIpc) is 2.70. The van der Waals surface area contributed by atoms with Crippen molar-refractivity contribution in [3.63, 3.8) is 0 Å². The largest absolute Gasteiger partial charge is 0.493 e. The number of hydrogen-bond donors (Lipinski definition) is 1. The predicted octanol–water partition coefficient (Wildman–Crippen LogP) is 5.04. The summed E-state index contributed by atoms with van der Waals surface area (Å²) in [5.41, 5.74) is 1.66. The molecule has 0 atom stereocenters. The molecule has 0 bridgehead atoms. The van der Waals surface area contributed by atoms with Crippen molar-refractivity contribution in [2.45, 2.75) is 16.2 Å². The molecule has 0 saturated carbocycles. The van der Waals surface area contributed by atoms with Gasteiger partial charge in [-0.05, 0) is 42.0 Å². The zero-order valence-corrected chi connectivity index (χ0v) is 16.1. The Morgan fingerprint density at radius 1 is 0.889 bits per heavy atom. The summed E-state index contributed by atoms with van der Waals surface area (Å²) in [6.45, 7) is 0. The minimum atomic E-state index is -0.0802. The number of hydrogen-bond acceptors (Lipinski definition) is 4. The summed E-state index contributed by atoms with van der Waals surface area (Å²) in [6.07, 6.45) is 0.255. The van der Waals surface area contributed by atoms with E-state index in [0.29, 0.717) is 11.5 Å². The molecule has 0 saturated heterocycles. The second kappa shape index (κ2) is 9.14. The third kappa shape index (κ3) is 5.05. The highest BCUT2D eigenvalue weighted by Crippen LogP contribution is 2.33. The van der Waals surface area contributed by atoms with Gasteiger partial charge in [0.05, 0.1) is 26.3 Å². The quantitative estimate of drug-likeness (QED) is 0.625. The Morgan fingerprint density at radius 2 is 1.59 bits per heavy atom. The molecule has 4 nitrogen and oxygen atoms in total. The summed E-state index contributed by atoms with van der Waals surface area (Å²) in [5.74, 6) is 1.18. The lowest BCUT2D eigenvalue weighted by atomic mass is 10.1. The highest BCUT2D eigenvalue weighted by molar-refractivity contribution is 7.99. The first-order valence-electron chi connectivity index (χ1n) is 8.52. The van der Waals surface area contributed by atoms with Crippen LogP contribution in [0.4, 0.5) is 5.69 Å². The van der Waals surface area contributed by atoms with E-state index in [2.05, 4.69) is 5.32 Å². The monoisotopic (exact) mass is 379 g/mol. The molecule has 5 heteroatoms. The Balaban J connectivity index is 1.71. The Kier molecular flexibility index (Phi) is 6.39. The minimum Gasteiger partial charge on any atom is -0.493 e. The van der Waals surface area contributed by atoms with E-state index in [-0.39, 0.29) is 12.3 Å². The molecular formula is C22H21NO3S. The summed E-state index contributed by atoms with van der Waals surface area (Å²) >= 11 is 1.62. The Labute approximate surface area is 163 Å². The smallest absolute Gasteiger partial charge is 0.228 e. The summed E-state index contributed by atoms with van der Waals surface area (Å²) < 4.78 is 10.5. The molecule has 138 valence electrons. The highest BCUT2D eigenvalue weighted by Gasteiger charge is 2.11. The number of ether oxygens (including phenoxy) is 2. The Hall–Kier alpha value is -2.92. The second-order valence-electron chi connectivity index (χ2n) is 5.83. The minimum absolute atomic E-state index is 0.0802. The number of carbonyl (C=O) groups excluding carboxylic acids is 1. The van der Waals surface area contributed by atoms with Gasteiger partial charge in [0.25, 0.3) is 0 Å². The van der Waals surface area contributed by atoms with Crippen LogP contribution in [-0.4, -0.2) is 20.1 Å². The van der Waals surface area contributed by atoms with Crippen LogP contribution >= 0.6 is 11.8 Å².